The molecule has 0 fully saturated rings. The van der Waals surface area contributed by atoms with E-state index in [0.29, 0.717) is 19.5 Å². The molecule has 0 saturated heterocycles. The lowest BCUT2D eigenvalue weighted by atomic mass is 9.56. The van der Waals surface area contributed by atoms with Crippen LogP contribution in [0, 0.1) is 28.1 Å². The molecule has 3 amide bonds. The summed E-state index contributed by atoms with van der Waals surface area (Å²) in [5, 5.41) is 5.78. The van der Waals surface area contributed by atoms with E-state index in [4.69, 9.17) is 11.5 Å². The lowest BCUT2D eigenvalue weighted by Gasteiger charge is -2.48. The van der Waals surface area contributed by atoms with Crippen molar-refractivity contribution in [3.05, 3.63) is 0 Å². The average Bonchev–Trinajstić information content (AvgIpc) is 2.62. The topological polar surface area (TPSA) is 127 Å². The molecule has 30 heavy (non-hydrogen) atoms. The summed E-state index contributed by atoms with van der Waals surface area (Å²) in [6.07, 6.45) is 3.26. The smallest absolute Gasteiger partial charge is 0.233 e. The van der Waals surface area contributed by atoms with Gasteiger partial charge in [-0.15, -0.1) is 0 Å². The molecule has 6 N–H and O–H groups in total. The van der Waals surface area contributed by atoms with Gasteiger partial charge in [0.05, 0.1) is 6.54 Å². The normalized spacial score (nSPS) is 14.7. The van der Waals surface area contributed by atoms with Gasteiger partial charge >= 0.3 is 0 Å². The quantitative estimate of drug-likeness (QED) is 0.337. The summed E-state index contributed by atoms with van der Waals surface area (Å²) in [7, 11) is 0. The van der Waals surface area contributed by atoms with Crippen LogP contribution in [0.5, 0.6) is 0 Å². The molecule has 0 aromatic heterocycles. The molecular formula is C23H46N4O3. The fraction of sp³-hybridized carbons (Fsp3) is 0.870. The van der Waals surface area contributed by atoms with Gasteiger partial charge in [-0.1, -0.05) is 55.4 Å². The monoisotopic (exact) mass is 426 g/mol. The van der Waals surface area contributed by atoms with Gasteiger partial charge in [0, 0.05) is 24.9 Å². The molecule has 0 aliphatic rings. The predicted molar refractivity (Wildman–Crippen MR) is 122 cm³/mol. The first-order valence-corrected chi connectivity index (χ1v) is 11.1. The van der Waals surface area contributed by atoms with Crippen LogP contribution < -0.4 is 22.1 Å². The van der Waals surface area contributed by atoms with Crippen molar-refractivity contribution in [2.45, 2.75) is 81.1 Å². The summed E-state index contributed by atoms with van der Waals surface area (Å²) >= 11 is 0. The molecule has 0 bridgehead atoms. The highest BCUT2D eigenvalue weighted by molar-refractivity contribution is 5.79. The van der Waals surface area contributed by atoms with Crippen molar-refractivity contribution in [2.75, 3.05) is 19.6 Å². The molecule has 0 spiro atoms. The van der Waals surface area contributed by atoms with Crippen molar-refractivity contribution in [3.63, 3.8) is 0 Å². The zero-order chi connectivity index (χ0) is 23.8. The Kier molecular flexibility index (Phi) is 11.0. The molecule has 0 rings (SSSR count). The number of hydrogen-bond acceptors (Lipinski definition) is 4. The van der Waals surface area contributed by atoms with Gasteiger partial charge in [0.1, 0.15) is 0 Å². The predicted octanol–water partition coefficient (Wildman–Crippen LogP) is 2.57. The molecule has 7 heteroatoms. The van der Waals surface area contributed by atoms with E-state index in [1.807, 2.05) is 27.7 Å². The lowest BCUT2D eigenvalue weighted by molar-refractivity contribution is -0.133. The van der Waals surface area contributed by atoms with Crippen LogP contribution in [0.1, 0.15) is 81.1 Å². The minimum atomic E-state index is -0.331. The minimum Gasteiger partial charge on any atom is -0.369 e. The number of hydrogen-bond donors (Lipinski definition) is 4. The minimum absolute atomic E-state index is 0.00994. The summed E-state index contributed by atoms with van der Waals surface area (Å²) in [6, 6.07) is 0. The SMILES string of the molecule is CC(C(=O)NCCCCCNC(=O)CN)C(C)(C)C(C)(C)CC(C(N)=O)C(C)(C)C. The van der Waals surface area contributed by atoms with E-state index in [-0.39, 0.29) is 52.3 Å². The molecule has 176 valence electrons. The second-order valence-corrected chi connectivity index (χ2v) is 10.8. The molecule has 2 unspecified atom stereocenters. The summed E-state index contributed by atoms with van der Waals surface area (Å²) in [5.41, 5.74) is 10.1. The number of nitrogens with two attached hydrogens (primary N) is 2. The second kappa shape index (κ2) is 11.7. The summed E-state index contributed by atoms with van der Waals surface area (Å²) < 4.78 is 0. The van der Waals surface area contributed by atoms with Crippen LogP contribution in [-0.4, -0.2) is 37.4 Å². The van der Waals surface area contributed by atoms with Crippen molar-refractivity contribution in [2.24, 2.45) is 39.5 Å². The van der Waals surface area contributed by atoms with Crippen molar-refractivity contribution in [1.29, 1.82) is 0 Å². The maximum absolute atomic E-state index is 12.8. The first kappa shape index (κ1) is 28.4. The van der Waals surface area contributed by atoms with Crippen LogP contribution in [0.4, 0.5) is 0 Å². The Labute approximate surface area is 183 Å². The van der Waals surface area contributed by atoms with E-state index in [9.17, 15) is 14.4 Å². The van der Waals surface area contributed by atoms with Gasteiger partial charge in [-0.3, -0.25) is 14.4 Å². The maximum Gasteiger partial charge on any atom is 0.233 e. The molecule has 0 radical (unpaired) electrons. The fourth-order valence-corrected chi connectivity index (χ4v) is 3.61. The highest BCUT2D eigenvalue weighted by atomic mass is 16.2. The van der Waals surface area contributed by atoms with Crippen molar-refractivity contribution in [3.8, 4) is 0 Å². The molecule has 2 atom stereocenters. The van der Waals surface area contributed by atoms with Crippen LogP contribution >= 0.6 is 0 Å². The van der Waals surface area contributed by atoms with E-state index in [0.717, 1.165) is 19.3 Å². The second-order valence-electron chi connectivity index (χ2n) is 10.8. The van der Waals surface area contributed by atoms with Gasteiger partial charge in [-0.25, -0.2) is 0 Å². The molecule has 0 aliphatic carbocycles. The number of carbonyl (C=O) groups is 3. The Balaban J connectivity index is 4.74. The fourth-order valence-electron chi connectivity index (χ4n) is 3.61. The largest absolute Gasteiger partial charge is 0.369 e. The molecule has 0 saturated carbocycles. The molecule has 0 aromatic carbocycles. The van der Waals surface area contributed by atoms with Crippen LogP contribution in [0.2, 0.25) is 0 Å². The Morgan fingerprint density at radius 3 is 1.80 bits per heavy atom. The third-order valence-electron chi connectivity index (χ3n) is 6.98. The van der Waals surface area contributed by atoms with E-state index >= 15 is 0 Å². The highest BCUT2D eigenvalue weighted by Gasteiger charge is 2.47. The molecule has 7 nitrogen and oxygen atoms in total. The van der Waals surface area contributed by atoms with Crippen LogP contribution in [-0.2, 0) is 14.4 Å². The van der Waals surface area contributed by atoms with E-state index in [2.05, 4.69) is 38.3 Å². The van der Waals surface area contributed by atoms with Crippen LogP contribution in [0.15, 0.2) is 0 Å². The van der Waals surface area contributed by atoms with E-state index < -0.39 is 0 Å². The standard InChI is InChI=1S/C23H46N4O3/c1-16(20(30)27-13-11-9-10-12-26-18(28)15-24)23(7,8)22(5,6)14-17(19(25)29)21(2,3)4/h16-17H,9-15,24H2,1-8H3,(H2,25,29)(H,26,28)(H,27,30). The summed E-state index contributed by atoms with van der Waals surface area (Å²) in [4.78, 5) is 35.9. The van der Waals surface area contributed by atoms with Crippen LogP contribution in [0.3, 0.4) is 0 Å². The van der Waals surface area contributed by atoms with E-state index in [1.165, 1.54) is 0 Å². The number of primary amides is 1. The van der Waals surface area contributed by atoms with E-state index in [1.54, 1.807) is 0 Å². The Hall–Kier alpha value is -1.63. The molecule has 0 aliphatic heterocycles. The number of nitrogens with one attached hydrogen (secondary N) is 2. The van der Waals surface area contributed by atoms with Crippen molar-refractivity contribution < 1.29 is 14.4 Å². The third-order valence-corrected chi connectivity index (χ3v) is 6.98. The van der Waals surface area contributed by atoms with Gasteiger partial charge in [0.2, 0.25) is 17.7 Å². The number of carbonyl (C=O) groups excluding carboxylic acids is 3. The average molecular weight is 427 g/mol. The zero-order valence-electron chi connectivity index (χ0n) is 20.5. The first-order valence-electron chi connectivity index (χ1n) is 11.1. The lowest BCUT2D eigenvalue weighted by Crippen LogP contribution is -2.48. The zero-order valence-corrected chi connectivity index (χ0v) is 20.5. The molecule has 0 aromatic rings. The van der Waals surface area contributed by atoms with Gasteiger partial charge < -0.3 is 22.1 Å². The number of amides is 3. The Morgan fingerprint density at radius 2 is 1.37 bits per heavy atom. The summed E-state index contributed by atoms with van der Waals surface area (Å²) in [5.74, 6) is -0.888. The molecular weight excluding hydrogens is 380 g/mol. The maximum atomic E-state index is 12.8. The van der Waals surface area contributed by atoms with Gasteiger partial charge in [0.15, 0.2) is 0 Å². The number of unbranched alkanes of at least 4 members (excludes halogenated alkanes) is 2. The molecule has 0 heterocycles. The summed E-state index contributed by atoms with van der Waals surface area (Å²) in [6.45, 7) is 17.7. The van der Waals surface area contributed by atoms with Gasteiger partial charge in [-0.2, -0.15) is 0 Å². The Bertz CT molecular complexity index is 579. The van der Waals surface area contributed by atoms with Gasteiger partial charge in [-0.05, 0) is 41.9 Å². The Morgan fingerprint density at radius 1 is 0.867 bits per heavy atom. The van der Waals surface area contributed by atoms with Crippen molar-refractivity contribution >= 4 is 17.7 Å². The first-order chi connectivity index (χ1) is 13.6. The third kappa shape index (κ3) is 8.62. The van der Waals surface area contributed by atoms with Crippen LogP contribution in [0.25, 0.3) is 0 Å². The van der Waals surface area contributed by atoms with Crippen molar-refractivity contribution in [1.82, 2.24) is 10.6 Å². The highest BCUT2D eigenvalue weighted by Crippen LogP contribution is 2.50. The number of rotatable bonds is 13. The van der Waals surface area contributed by atoms with Gasteiger partial charge in [0.25, 0.3) is 0 Å².